The Balaban J connectivity index is 2.64. The van der Waals surface area contributed by atoms with Crippen molar-refractivity contribution in [1.82, 2.24) is 15.1 Å². The van der Waals surface area contributed by atoms with Gasteiger partial charge in [0, 0.05) is 20.0 Å². The van der Waals surface area contributed by atoms with Gasteiger partial charge in [0.1, 0.15) is 12.1 Å². The van der Waals surface area contributed by atoms with Crippen LogP contribution in [-0.2, 0) is 9.59 Å². The molecule has 0 aromatic heterocycles. The monoisotopic (exact) mass is 300 g/mol. The van der Waals surface area contributed by atoms with Crippen molar-refractivity contribution in [3.63, 3.8) is 0 Å². The van der Waals surface area contributed by atoms with Crippen molar-refractivity contribution in [3.8, 4) is 0 Å². The number of nitrogens with one attached hydrogen (secondary N) is 1. The van der Waals surface area contributed by atoms with Gasteiger partial charge in [0.05, 0.1) is 4.99 Å². The van der Waals surface area contributed by atoms with Crippen molar-refractivity contribution in [2.24, 2.45) is 5.73 Å². The SMILES string of the molecule is CCC1(C)NC(=O)N(CC(=O)N(C)CCC(N)=S)C1=O. The maximum absolute atomic E-state index is 12.1. The van der Waals surface area contributed by atoms with Gasteiger partial charge in [0.25, 0.3) is 5.91 Å². The number of nitrogens with two attached hydrogens (primary N) is 1. The van der Waals surface area contributed by atoms with Crippen LogP contribution in [0.15, 0.2) is 0 Å². The van der Waals surface area contributed by atoms with E-state index in [1.54, 1.807) is 20.9 Å². The van der Waals surface area contributed by atoms with Gasteiger partial charge in [-0.2, -0.15) is 0 Å². The van der Waals surface area contributed by atoms with Crippen LogP contribution in [-0.4, -0.2) is 58.3 Å². The van der Waals surface area contributed by atoms with Crippen molar-refractivity contribution in [1.29, 1.82) is 0 Å². The highest BCUT2D eigenvalue weighted by molar-refractivity contribution is 7.80. The lowest BCUT2D eigenvalue weighted by Crippen LogP contribution is -2.45. The number of rotatable bonds is 6. The molecular weight excluding hydrogens is 280 g/mol. The number of carbonyl (C=O) groups excluding carboxylic acids is 3. The molecule has 0 spiro atoms. The molecule has 1 saturated heterocycles. The van der Waals surface area contributed by atoms with Crippen LogP contribution in [0.4, 0.5) is 4.79 Å². The third-order valence-corrected chi connectivity index (χ3v) is 3.67. The van der Waals surface area contributed by atoms with Gasteiger partial charge < -0.3 is 16.0 Å². The molecule has 0 radical (unpaired) electrons. The number of hydrogen-bond donors (Lipinski definition) is 2. The number of amides is 4. The molecule has 1 fully saturated rings. The smallest absolute Gasteiger partial charge is 0.325 e. The summed E-state index contributed by atoms with van der Waals surface area (Å²) in [5.41, 5.74) is 4.45. The summed E-state index contributed by atoms with van der Waals surface area (Å²) >= 11 is 4.74. The summed E-state index contributed by atoms with van der Waals surface area (Å²) in [6.07, 6.45) is 0.879. The minimum atomic E-state index is -0.922. The summed E-state index contributed by atoms with van der Waals surface area (Å²) in [7, 11) is 1.58. The Morgan fingerprint density at radius 1 is 1.50 bits per heavy atom. The van der Waals surface area contributed by atoms with Crippen molar-refractivity contribution in [2.45, 2.75) is 32.2 Å². The maximum atomic E-state index is 12.1. The minimum absolute atomic E-state index is 0.270. The number of carbonyl (C=O) groups is 3. The van der Waals surface area contributed by atoms with E-state index in [1.807, 2.05) is 0 Å². The molecule has 4 amide bonds. The number of likely N-dealkylation sites (N-methyl/N-ethyl adjacent to an activating group) is 1. The topological polar surface area (TPSA) is 95.7 Å². The van der Waals surface area contributed by atoms with Crippen molar-refractivity contribution in [3.05, 3.63) is 0 Å². The lowest BCUT2D eigenvalue weighted by atomic mass is 9.99. The summed E-state index contributed by atoms with van der Waals surface area (Å²) in [5.74, 6) is -0.703. The minimum Gasteiger partial charge on any atom is -0.393 e. The van der Waals surface area contributed by atoms with E-state index in [1.165, 1.54) is 4.90 Å². The van der Waals surface area contributed by atoms with Gasteiger partial charge in [-0.15, -0.1) is 0 Å². The standard InChI is InChI=1S/C12H20N4O3S/c1-4-12(2)10(18)16(11(19)14-12)7-9(17)15(3)6-5-8(13)20/h4-7H2,1-3H3,(H2,13,20)(H,14,19). The molecule has 0 aromatic rings. The molecule has 7 nitrogen and oxygen atoms in total. The zero-order valence-electron chi connectivity index (χ0n) is 11.9. The predicted molar refractivity (Wildman–Crippen MR) is 78.0 cm³/mol. The Hall–Kier alpha value is -1.70. The van der Waals surface area contributed by atoms with Crippen LogP contribution >= 0.6 is 12.2 Å². The molecule has 0 aliphatic carbocycles. The normalized spacial score (nSPS) is 21.9. The molecule has 1 heterocycles. The fraction of sp³-hybridized carbons (Fsp3) is 0.667. The molecule has 0 bridgehead atoms. The Labute approximate surface area is 123 Å². The second kappa shape index (κ2) is 6.17. The van der Waals surface area contributed by atoms with E-state index < -0.39 is 11.6 Å². The van der Waals surface area contributed by atoms with E-state index in [0.717, 1.165) is 4.90 Å². The van der Waals surface area contributed by atoms with E-state index in [9.17, 15) is 14.4 Å². The highest BCUT2D eigenvalue weighted by Gasteiger charge is 2.47. The van der Waals surface area contributed by atoms with Crippen LogP contribution in [0, 0.1) is 0 Å². The number of urea groups is 1. The van der Waals surface area contributed by atoms with E-state index in [0.29, 0.717) is 24.4 Å². The third kappa shape index (κ3) is 3.44. The second-order valence-electron chi connectivity index (χ2n) is 5.04. The van der Waals surface area contributed by atoms with Crippen LogP contribution in [0.2, 0.25) is 0 Å². The Morgan fingerprint density at radius 3 is 2.55 bits per heavy atom. The van der Waals surface area contributed by atoms with E-state index >= 15 is 0 Å². The van der Waals surface area contributed by atoms with E-state index in [4.69, 9.17) is 18.0 Å². The zero-order chi connectivity index (χ0) is 15.5. The van der Waals surface area contributed by atoms with E-state index in [2.05, 4.69) is 5.32 Å². The molecule has 1 aliphatic heterocycles. The number of hydrogen-bond acceptors (Lipinski definition) is 4. The van der Waals surface area contributed by atoms with Crippen LogP contribution in [0.3, 0.4) is 0 Å². The molecule has 0 aromatic carbocycles. The summed E-state index contributed by atoms with van der Waals surface area (Å²) in [6.45, 7) is 3.54. The molecular formula is C12H20N4O3S. The van der Waals surface area contributed by atoms with Gasteiger partial charge in [-0.05, 0) is 13.3 Å². The fourth-order valence-electron chi connectivity index (χ4n) is 1.79. The van der Waals surface area contributed by atoms with E-state index in [-0.39, 0.29) is 18.4 Å². The van der Waals surface area contributed by atoms with Crippen LogP contribution in [0.5, 0.6) is 0 Å². The summed E-state index contributed by atoms with van der Waals surface area (Å²) in [5, 5.41) is 2.60. The zero-order valence-corrected chi connectivity index (χ0v) is 12.7. The number of imide groups is 1. The fourth-order valence-corrected chi connectivity index (χ4v) is 1.88. The van der Waals surface area contributed by atoms with Gasteiger partial charge >= 0.3 is 6.03 Å². The largest absolute Gasteiger partial charge is 0.393 e. The van der Waals surface area contributed by atoms with Crippen molar-refractivity contribution >= 4 is 35.1 Å². The molecule has 1 rings (SSSR count). The molecule has 1 atom stereocenters. The molecule has 20 heavy (non-hydrogen) atoms. The summed E-state index contributed by atoms with van der Waals surface area (Å²) < 4.78 is 0. The predicted octanol–water partition coefficient (Wildman–Crippen LogP) is -0.158. The van der Waals surface area contributed by atoms with Gasteiger partial charge in [0.15, 0.2) is 0 Å². The summed E-state index contributed by atoms with van der Waals surface area (Å²) in [4.78, 5) is 38.5. The Kier molecular flexibility index (Phi) is 5.04. The molecule has 1 aliphatic rings. The van der Waals surface area contributed by atoms with Gasteiger partial charge in [-0.3, -0.25) is 14.5 Å². The van der Waals surface area contributed by atoms with Gasteiger partial charge in [-0.1, -0.05) is 19.1 Å². The van der Waals surface area contributed by atoms with Crippen molar-refractivity contribution < 1.29 is 14.4 Å². The van der Waals surface area contributed by atoms with Crippen molar-refractivity contribution in [2.75, 3.05) is 20.1 Å². The van der Waals surface area contributed by atoms with Gasteiger partial charge in [0.2, 0.25) is 5.91 Å². The molecule has 8 heteroatoms. The third-order valence-electron chi connectivity index (χ3n) is 3.46. The molecule has 112 valence electrons. The molecule has 1 unspecified atom stereocenters. The first kappa shape index (κ1) is 16.4. The highest BCUT2D eigenvalue weighted by Crippen LogP contribution is 2.20. The highest BCUT2D eigenvalue weighted by atomic mass is 32.1. The first-order valence-electron chi connectivity index (χ1n) is 6.37. The maximum Gasteiger partial charge on any atom is 0.325 e. The molecule has 0 saturated carbocycles. The van der Waals surface area contributed by atoms with Crippen LogP contribution in [0.25, 0.3) is 0 Å². The number of nitrogens with zero attached hydrogens (tertiary/aromatic N) is 2. The first-order chi connectivity index (χ1) is 9.21. The molecule has 3 N–H and O–H groups in total. The van der Waals surface area contributed by atoms with Crippen LogP contribution < -0.4 is 11.1 Å². The lowest BCUT2D eigenvalue weighted by Gasteiger charge is -2.21. The second-order valence-corrected chi connectivity index (χ2v) is 5.56. The average molecular weight is 300 g/mol. The summed E-state index contributed by atoms with van der Waals surface area (Å²) in [6, 6.07) is -0.532. The average Bonchev–Trinajstić information content (AvgIpc) is 2.60. The quantitative estimate of drug-likeness (QED) is 0.525. The first-order valence-corrected chi connectivity index (χ1v) is 6.78. The Bertz CT molecular complexity index is 454. The van der Waals surface area contributed by atoms with Gasteiger partial charge in [-0.25, -0.2) is 4.79 Å². The Morgan fingerprint density at radius 2 is 2.10 bits per heavy atom. The van der Waals surface area contributed by atoms with Crippen LogP contribution in [0.1, 0.15) is 26.7 Å². The lowest BCUT2D eigenvalue weighted by molar-refractivity contribution is -0.138. The number of thiocarbonyl (C=S) groups is 1.